The van der Waals surface area contributed by atoms with Gasteiger partial charge in [-0.15, -0.1) is 0 Å². The fourth-order valence-electron chi connectivity index (χ4n) is 1.45. The molecule has 1 atom stereocenters. The second-order valence-corrected chi connectivity index (χ2v) is 3.89. The molecular weight excluding hydrogens is 220 g/mol. The first kappa shape index (κ1) is 13.7. The Morgan fingerprint density at radius 2 is 1.94 bits per heavy atom. The molecule has 94 valence electrons. The van der Waals surface area contributed by atoms with E-state index in [1.165, 1.54) is 0 Å². The zero-order chi connectivity index (χ0) is 12.5. The van der Waals surface area contributed by atoms with Crippen LogP contribution in [0.3, 0.4) is 0 Å². The second-order valence-electron chi connectivity index (χ2n) is 3.89. The Balaban J connectivity index is 2.09. The quantitative estimate of drug-likeness (QED) is 0.538. The SMILES string of the molecule is O=C(O)CCCCC(O)OCc1ccccc1. The average molecular weight is 238 g/mol. The molecule has 1 aromatic rings. The number of carboxylic acid groups (broad SMARTS) is 1. The van der Waals surface area contributed by atoms with Gasteiger partial charge in [0.05, 0.1) is 6.61 Å². The summed E-state index contributed by atoms with van der Waals surface area (Å²) in [5.74, 6) is -0.801. The molecule has 4 nitrogen and oxygen atoms in total. The number of benzene rings is 1. The first-order valence-corrected chi connectivity index (χ1v) is 5.74. The molecule has 0 aromatic heterocycles. The van der Waals surface area contributed by atoms with Crippen LogP contribution in [0.1, 0.15) is 31.2 Å². The molecule has 0 aliphatic carbocycles. The monoisotopic (exact) mass is 238 g/mol. The summed E-state index contributed by atoms with van der Waals surface area (Å²) < 4.78 is 5.24. The lowest BCUT2D eigenvalue weighted by molar-refractivity contribution is -0.137. The molecule has 0 fully saturated rings. The normalized spacial score (nSPS) is 12.3. The van der Waals surface area contributed by atoms with E-state index in [-0.39, 0.29) is 6.42 Å². The number of hydrogen-bond donors (Lipinski definition) is 2. The molecule has 1 aromatic carbocycles. The molecule has 0 bridgehead atoms. The van der Waals surface area contributed by atoms with Crippen LogP contribution < -0.4 is 0 Å². The zero-order valence-corrected chi connectivity index (χ0v) is 9.71. The van der Waals surface area contributed by atoms with Gasteiger partial charge >= 0.3 is 5.97 Å². The largest absolute Gasteiger partial charge is 0.481 e. The molecule has 2 N–H and O–H groups in total. The molecular formula is C13H18O4. The number of carboxylic acids is 1. The Morgan fingerprint density at radius 3 is 2.59 bits per heavy atom. The van der Waals surface area contributed by atoms with Crippen LogP contribution in [0.25, 0.3) is 0 Å². The van der Waals surface area contributed by atoms with Crippen molar-refractivity contribution in [1.29, 1.82) is 0 Å². The van der Waals surface area contributed by atoms with Crippen LogP contribution in [0.4, 0.5) is 0 Å². The second kappa shape index (κ2) is 7.81. The van der Waals surface area contributed by atoms with E-state index >= 15 is 0 Å². The summed E-state index contributed by atoms with van der Waals surface area (Å²) in [6, 6.07) is 9.61. The average Bonchev–Trinajstić information content (AvgIpc) is 2.33. The summed E-state index contributed by atoms with van der Waals surface area (Å²) in [4.78, 5) is 10.3. The summed E-state index contributed by atoms with van der Waals surface area (Å²) in [6.45, 7) is 0.376. The Kier molecular flexibility index (Phi) is 6.29. The third-order valence-electron chi connectivity index (χ3n) is 2.38. The molecule has 0 heterocycles. The maximum absolute atomic E-state index is 10.3. The van der Waals surface area contributed by atoms with Crippen LogP contribution in [-0.2, 0) is 16.1 Å². The lowest BCUT2D eigenvalue weighted by atomic mass is 10.2. The van der Waals surface area contributed by atoms with Crippen molar-refractivity contribution >= 4 is 5.97 Å². The van der Waals surface area contributed by atoms with Crippen molar-refractivity contribution in [2.45, 2.75) is 38.6 Å². The van der Waals surface area contributed by atoms with E-state index in [1.54, 1.807) is 0 Å². The van der Waals surface area contributed by atoms with Crippen molar-refractivity contribution in [3.63, 3.8) is 0 Å². The number of rotatable bonds is 8. The van der Waals surface area contributed by atoms with Gasteiger partial charge in [0.2, 0.25) is 0 Å². The molecule has 1 unspecified atom stereocenters. The Hall–Kier alpha value is -1.39. The van der Waals surface area contributed by atoms with Gasteiger partial charge in [0.25, 0.3) is 0 Å². The van der Waals surface area contributed by atoms with Gasteiger partial charge < -0.3 is 14.9 Å². The van der Waals surface area contributed by atoms with Crippen molar-refractivity contribution < 1.29 is 19.7 Å². The topological polar surface area (TPSA) is 66.8 Å². The van der Waals surface area contributed by atoms with E-state index in [4.69, 9.17) is 9.84 Å². The van der Waals surface area contributed by atoms with Crippen molar-refractivity contribution in [3.05, 3.63) is 35.9 Å². The Morgan fingerprint density at radius 1 is 1.24 bits per heavy atom. The van der Waals surface area contributed by atoms with Crippen molar-refractivity contribution in [3.8, 4) is 0 Å². The number of aliphatic carboxylic acids is 1. The molecule has 1 rings (SSSR count). The van der Waals surface area contributed by atoms with E-state index in [1.807, 2.05) is 30.3 Å². The fraction of sp³-hybridized carbons (Fsp3) is 0.462. The summed E-state index contributed by atoms with van der Waals surface area (Å²) in [5.41, 5.74) is 1.01. The highest BCUT2D eigenvalue weighted by Crippen LogP contribution is 2.08. The maximum Gasteiger partial charge on any atom is 0.303 e. The smallest absolute Gasteiger partial charge is 0.303 e. The lowest BCUT2D eigenvalue weighted by Crippen LogP contribution is -2.11. The van der Waals surface area contributed by atoms with Crippen molar-refractivity contribution in [1.82, 2.24) is 0 Å². The van der Waals surface area contributed by atoms with Crippen molar-refractivity contribution in [2.24, 2.45) is 0 Å². The van der Waals surface area contributed by atoms with Crippen LogP contribution in [0.5, 0.6) is 0 Å². The highest BCUT2D eigenvalue weighted by Gasteiger charge is 2.05. The molecule has 0 amide bonds. The third kappa shape index (κ3) is 6.71. The van der Waals surface area contributed by atoms with Crippen LogP contribution in [0.2, 0.25) is 0 Å². The highest BCUT2D eigenvalue weighted by atomic mass is 16.6. The van der Waals surface area contributed by atoms with Gasteiger partial charge in [-0.1, -0.05) is 30.3 Å². The molecule has 0 saturated heterocycles. The number of aliphatic hydroxyl groups excluding tert-OH is 1. The molecule has 0 saturated carbocycles. The van der Waals surface area contributed by atoms with E-state index in [2.05, 4.69) is 0 Å². The standard InChI is InChI=1S/C13H18O4/c14-12(15)8-4-5-9-13(16)17-10-11-6-2-1-3-7-11/h1-3,6-7,13,16H,4-5,8-10H2,(H,14,15). The fourth-order valence-corrected chi connectivity index (χ4v) is 1.45. The lowest BCUT2D eigenvalue weighted by Gasteiger charge is -2.11. The number of unbranched alkanes of at least 4 members (excludes halogenated alkanes) is 1. The van der Waals surface area contributed by atoms with Crippen LogP contribution in [0, 0.1) is 0 Å². The first-order chi connectivity index (χ1) is 8.18. The van der Waals surface area contributed by atoms with Crippen molar-refractivity contribution in [2.75, 3.05) is 0 Å². The van der Waals surface area contributed by atoms with Gasteiger partial charge in [-0.2, -0.15) is 0 Å². The highest BCUT2D eigenvalue weighted by molar-refractivity contribution is 5.66. The molecule has 0 aliphatic rings. The van der Waals surface area contributed by atoms with E-state index in [0.717, 1.165) is 5.56 Å². The third-order valence-corrected chi connectivity index (χ3v) is 2.38. The molecule has 0 aliphatic heterocycles. The Bertz CT molecular complexity index is 323. The Labute approximate surface area is 101 Å². The summed E-state index contributed by atoms with van der Waals surface area (Å²) in [6.07, 6.45) is 1.03. The minimum absolute atomic E-state index is 0.144. The van der Waals surface area contributed by atoms with Gasteiger partial charge in [-0.05, 0) is 24.8 Å². The molecule has 17 heavy (non-hydrogen) atoms. The van der Waals surface area contributed by atoms with E-state index in [9.17, 15) is 9.90 Å². The van der Waals surface area contributed by atoms with Gasteiger partial charge in [0.1, 0.15) is 0 Å². The van der Waals surface area contributed by atoms with Crippen LogP contribution >= 0.6 is 0 Å². The van der Waals surface area contributed by atoms with Gasteiger partial charge in [0, 0.05) is 6.42 Å². The zero-order valence-electron chi connectivity index (χ0n) is 9.71. The summed E-state index contributed by atoms with van der Waals surface area (Å²) in [5, 5.41) is 17.9. The van der Waals surface area contributed by atoms with Crippen LogP contribution in [-0.4, -0.2) is 22.5 Å². The van der Waals surface area contributed by atoms with E-state index in [0.29, 0.717) is 25.9 Å². The van der Waals surface area contributed by atoms with Gasteiger partial charge in [-0.3, -0.25) is 4.79 Å². The molecule has 0 radical (unpaired) electrons. The maximum atomic E-state index is 10.3. The van der Waals surface area contributed by atoms with Crippen LogP contribution in [0.15, 0.2) is 30.3 Å². The first-order valence-electron chi connectivity index (χ1n) is 5.74. The molecule has 4 heteroatoms. The van der Waals surface area contributed by atoms with Gasteiger partial charge in [0.15, 0.2) is 6.29 Å². The molecule has 0 spiro atoms. The van der Waals surface area contributed by atoms with Gasteiger partial charge in [-0.25, -0.2) is 0 Å². The van der Waals surface area contributed by atoms with E-state index < -0.39 is 12.3 Å². The number of aliphatic hydroxyl groups is 1. The number of ether oxygens (including phenoxy) is 1. The predicted octanol–water partition coefficient (Wildman–Crippen LogP) is 2.17. The summed E-state index contributed by atoms with van der Waals surface area (Å²) >= 11 is 0. The minimum atomic E-state index is -0.816. The number of hydrogen-bond acceptors (Lipinski definition) is 3. The number of carbonyl (C=O) groups is 1. The minimum Gasteiger partial charge on any atom is -0.481 e. The summed E-state index contributed by atoms with van der Waals surface area (Å²) in [7, 11) is 0. The predicted molar refractivity (Wildman–Crippen MR) is 63.3 cm³/mol.